The van der Waals surface area contributed by atoms with Crippen LogP contribution in [0.5, 0.6) is 0 Å². The van der Waals surface area contributed by atoms with Gasteiger partial charge in [0.15, 0.2) is 0 Å². The average Bonchev–Trinajstić information content (AvgIpc) is 2.13. The van der Waals surface area contributed by atoms with Crippen LogP contribution in [0.25, 0.3) is 0 Å². The lowest BCUT2D eigenvalue weighted by molar-refractivity contribution is 0.256. The van der Waals surface area contributed by atoms with Gasteiger partial charge in [0.2, 0.25) is 0 Å². The zero-order valence-electron chi connectivity index (χ0n) is 9.93. The first-order chi connectivity index (χ1) is 6.11. The molecule has 0 aromatic rings. The van der Waals surface area contributed by atoms with Crippen molar-refractivity contribution < 1.29 is 0 Å². The first-order valence-corrected chi connectivity index (χ1v) is 5.55. The number of nitrogens with one attached hydrogen (secondary N) is 1. The van der Waals surface area contributed by atoms with Crippen molar-refractivity contribution >= 4 is 0 Å². The van der Waals surface area contributed by atoms with Crippen LogP contribution in [0, 0.1) is 0 Å². The van der Waals surface area contributed by atoms with Gasteiger partial charge in [-0.05, 0) is 33.9 Å². The monoisotopic (exact) mass is 186 g/mol. The molecule has 0 spiro atoms. The normalized spacial score (nSPS) is 16.2. The molecule has 0 bridgehead atoms. The molecule has 0 aromatic carbocycles. The molecule has 0 radical (unpaired) electrons. The fraction of sp³-hybridized carbons (Fsp3) is 1.00. The van der Waals surface area contributed by atoms with Crippen molar-refractivity contribution in [3.63, 3.8) is 0 Å². The third-order valence-corrected chi connectivity index (χ3v) is 2.73. The zero-order chi connectivity index (χ0) is 10.3. The van der Waals surface area contributed by atoms with Crippen molar-refractivity contribution in [2.24, 2.45) is 0 Å². The minimum absolute atomic E-state index is 0.643. The fourth-order valence-electron chi connectivity index (χ4n) is 1.37. The van der Waals surface area contributed by atoms with Crippen LogP contribution < -0.4 is 5.32 Å². The smallest absolute Gasteiger partial charge is 0.0189 e. The molecule has 0 aliphatic heterocycles. The lowest BCUT2D eigenvalue weighted by atomic mass is 10.2. The highest BCUT2D eigenvalue weighted by atomic mass is 15.1. The maximum absolute atomic E-state index is 3.56. The molecule has 0 fully saturated rings. The summed E-state index contributed by atoms with van der Waals surface area (Å²) < 4.78 is 0. The number of rotatable bonds is 7. The Balaban J connectivity index is 3.50. The van der Waals surface area contributed by atoms with Crippen LogP contribution in [0.15, 0.2) is 0 Å². The molecule has 0 aliphatic carbocycles. The molecule has 0 aliphatic rings. The summed E-state index contributed by atoms with van der Waals surface area (Å²) in [4.78, 5) is 2.37. The highest BCUT2D eigenvalue weighted by Gasteiger charge is 2.07. The van der Waals surface area contributed by atoms with E-state index in [1.165, 1.54) is 12.8 Å². The molecule has 0 amide bonds. The van der Waals surface area contributed by atoms with Crippen molar-refractivity contribution in [3.05, 3.63) is 0 Å². The maximum Gasteiger partial charge on any atom is 0.0189 e. The molecule has 0 heterocycles. The Bertz CT molecular complexity index is 115. The second kappa shape index (κ2) is 7.34. The Hall–Kier alpha value is -0.0800. The van der Waals surface area contributed by atoms with Crippen LogP contribution in [0.4, 0.5) is 0 Å². The van der Waals surface area contributed by atoms with Crippen LogP contribution in [0.1, 0.15) is 40.5 Å². The van der Waals surface area contributed by atoms with Gasteiger partial charge in [0.05, 0.1) is 0 Å². The number of likely N-dealkylation sites (N-methyl/N-ethyl adjacent to an activating group) is 1. The van der Waals surface area contributed by atoms with E-state index in [-0.39, 0.29) is 0 Å². The van der Waals surface area contributed by atoms with E-state index in [0.29, 0.717) is 12.1 Å². The van der Waals surface area contributed by atoms with Gasteiger partial charge in [-0.1, -0.05) is 20.3 Å². The first kappa shape index (κ1) is 12.9. The van der Waals surface area contributed by atoms with Crippen molar-refractivity contribution in [2.75, 3.05) is 20.1 Å². The van der Waals surface area contributed by atoms with E-state index in [1.54, 1.807) is 0 Å². The van der Waals surface area contributed by atoms with Crippen LogP contribution in [-0.4, -0.2) is 37.1 Å². The fourth-order valence-corrected chi connectivity index (χ4v) is 1.37. The average molecular weight is 186 g/mol. The van der Waals surface area contributed by atoms with Gasteiger partial charge in [0.25, 0.3) is 0 Å². The lowest BCUT2D eigenvalue weighted by Gasteiger charge is -2.25. The molecular weight excluding hydrogens is 160 g/mol. The van der Waals surface area contributed by atoms with E-state index >= 15 is 0 Å². The van der Waals surface area contributed by atoms with Gasteiger partial charge in [-0.2, -0.15) is 0 Å². The summed E-state index contributed by atoms with van der Waals surface area (Å²) in [7, 11) is 2.18. The maximum atomic E-state index is 3.56. The highest BCUT2D eigenvalue weighted by molar-refractivity contribution is 4.68. The molecule has 1 N–H and O–H groups in total. The van der Waals surface area contributed by atoms with Gasteiger partial charge in [0.1, 0.15) is 0 Å². The minimum Gasteiger partial charge on any atom is -0.313 e. The zero-order valence-corrected chi connectivity index (χ0v) is 9.93. The number of hydrogen-bond donors (Lipinski definition) is 1. The van der Waals surface area contributed by atoms with Gasteiger partial charge in [-0.15, -0.1) is 0 Å². The Morgan fingerprint density at radius 3 is 2.31 bits per heavy atom. The molecule has 2 unspecified atom stereocenters. The van der Waals surface area contributed by atoms with Crippen molar-refractivity contribution in [3.8, 4) is 0 Å². The molecule has 0 rings (SSSR count). The number of hydrogen-bond acceptors (Lipinski definition) is 2. The van der Waals surface area contributed by atoms with E-state index in [9.17, 15) is 0 Å². The molecule has 0 saturated carbocycles. The van der Waals surface area contributed by atoms with Crippen LogP contribution in [0.2, 0.25) is 0 Å². The van der Waals surface area contributed by atoms with Crippen molar-refractivity contribution in [1.29, 1.82) is 0 Å². The Labute approximate surface area is 83.7 Å². The largest absolute Gasteiger partial charge is 0.313 e. The topological polar surface area (TPSA) is 15.3 Å². The Morgan fingerprint density at radius 1 is 1.23 bits per heavy atom. The molecule has 2 nitrogen and oxygen atoms in total. The minimum atomic E-state index is 0.643. The number of nitrogens with zero attached hydrogens (tertiary/aromatic N) is 1. The van der Waals surface area contributed by atoms with Crippen LogP contribution in [0.3, 0.4) is 0 Å². The van der Waals surface area contributed by atoms with Gasteiger partial charge in [-0.3, -0.25) is 0 Å². The van der Waals surface area contributed by atoms with Gasteiger partial charge in [-0.25, -0.2) is 0 Å². The standard InChI is InChI=1S/C11H26N2/c1-6-8-10(3)12-9-11(4)13(5)7-2/h10-12H,6-9H2,1-5H3. The summed E-state index contributed by atoms with van der Waals surface area (Å²) >= 11 is 0. The summed E-state index contributed by atoms with van der Waals surface area (Å²) in [6.45, 7) is 11.2. The summed E-state index contributed by atoms with van der Waals surface area (Å²) in [6, 6.07) is 1.31. The molecule has 13 heavy (non-hydrogen) atoms. The summed E-state index contributed by atoms with van der Waals surface area (Å²) in [6.07, 6.45) is 2.55. The second-order valence-electron chi connectivity index (χ2n) is 4.02. The van der Waals surface area contributed by atoms with E-state index in [0.717, 1.165) is 13.1 Å². The summed E-state index contributed by atoms with van der Waals surface area (Å²) in [5.41, 5.74) is 0. The van der Waals surface area contributed by atoms with Gasteiger partial charge in [0, 0.05) is 18.6 Å². The second-order valence-corrected chi connectivity index (χ2v) is 4.02. The Kier molecular flexibility index (Phi) is 7.29. The molecular formula is C11H26N2. The third kappa shape index (κ3) is 6.05. The first-order valence-electron chi connectivity index (χ1n) is 5.55. The van der Waals surface area contributed by atoms with Crippen LogP contribution in [-0.2, 0) is 0 Å². The predicted octanol–water partition coefficient (Wildman–Crippen LogP) is 2.10. The van der Waals surface area contributed by atoms with Crippen molar-refractivity contribution in [2.45, 2.75) is 52.6 Å². The molecule has 80 valence electrons. The van der Waals surface area contributed by atoms with Crippen LogP contribution >= 0.6 is 0 Å². The highest BCUT2D eigenvalue weighted by Crippen LogP contribution is 1.97. The van der Waals surface area contributed by atoms with E-state index < -0.39 is 0 Å². The van der Waals surface area contributed by atoms with E-state index in [2.05, 4.69) is 45.0 Å². The van der Waals surface area contributed by atoms with E-state index in [4.69, 9.17) is 0 Å². The summed E-state index contributed by atoms with van der Waals surface area (Å²) in [5, 5.41) is 3.56. The quantitative estimate of drug-likeness (QED) is 0.655. The molecule has 0 saturated heterocycles. The van der Waals surface area contributed by atoms with Gasteiger partial charge >= 0.3 is 0 Å². The summed E-state index contributed by atoms with van der Waals surface area (Å²) in [5.74, 6) is 0. The SMILES string of the molecule is CCCC(C)NCC(C)N(C)CC. The van der Waals surface area contributed by atoms with Crippen molar-refractivity contribution in [1.82, 2.24) is 10.2 Å². The van der Waals surface area contributed by atoms with Gasteiger partial charge < -0.3 is 10.2 Å². The lowest BCUT2D eigenvalue weighted by Crippen LogP contribution is -2.40. The third-order valence-electron chi connectivity index (χ3n) is 2.73. The molecule has 0 aromatic heterocycles. The van der Waals surface area contributed by atoms with E-state index in [1.807, 2.05) is 0 Å². The molecule has 2 heteroatoms. The predicted molar refractivity (Wildman–Crippen MR) is 60.1 cm³/mol. The molecule has 2 atom stereocenters. The Morgan fingerprint density at radius 2 is 1.85 bits per heavy atom.